The quantitative estimate of drug-likeness (QED) is 0.888. The van der Waals surface area contributed by atoms with Crippen molar-refractivity contribution in [2.45, 2.75) is 38.0 Å². The van der Waals surface area contributed by atoms with Crippen molar-refractivity contribution in [3.63, 3.8) is 0 Å². The van der Waals surface area contributed by atoms with E-state index < -0.39 is 0 Å². The molecule has 1 aromatic heterocycles. The van der Waals surface area contributed by atoms with Crippen LogP contribution in [0, 0.1) is 0 Å². The van der Waals surface area contributed by atoms with Crippen molar-refractivity contribution in [1.82, 2.24) is 15.5 Å². The van der Waals surface area contributed by atoms with E-state index in [9.17, 15) is 0 Å². The van der Waals surface area contributed by atoms with E-state index in [-0.39, 0.29) is 0 Å². The highest BCUT2D eigenvalue weighted by Gasteiger charge is 2.21. The molecule has 2 aliphatic rings. The van der Waals surface area contributed by atoms with Gasteiger partial charge in [0, 0.05) is 12.3 Å². The third kappa shape index (κ3) is 2.70. The summed E-state index contributed by atoms with van der Waals surface area (Å²) in [4.78, 5) is 4.56. The van der Waals surface area contributed by atoms with Crippen molar-refractivity contribution in [2.24, 2.45) is 0 Å². The number of rotatable bonds is 3. The number of hydrogen-bond donors (Lipinski definition) is 1. The van der Waals surface area contributed by atoms with E-state index >= 15 is 0 Å². The van der Waals surface area contributed by atoms with Crippen LogP contribution in [0.1, 0.15) is 43.3 Å². The van der Waals surface area contributed by atoms with Crippen LogP contribution in [0.5, 0.6) is 0 Å². The van der Waals surface area contributed by atoms with Gasteiger partial charge in [0.2, 0.25) is 5.89 Å². The van der Waals surface area contributed by atoms with Gasteiger partial charge in [0.15, 0.2) is 5.82 Å². The summed E-state index contributed by atoms with van der Waals surface area (Å²) >= 11 is 0. The number of nitrogens with one attached hydrogen (secondary N) is 1. The molecule has 1 N–H and O–H groups in total. The van der Waals surface area contributed by atoms with Crippen molar-refractivity contribution in [3.8, 4) is 0 Å². The van der Waals surface area contributed by atoms with E-state index in [1.165, 1.54) is 5.57 Å². The molecule has 4 heteroatoms. The van der Waals surface area contributed by atoms with Crippen molar-refractivity contribution in [3.05, 3.63) is 35.5 Å². The SMILES string of the molecule is C1=CCCC(Cc2noc(C3CCNCC3)n2)=C1. The molecule has 0 spiro atoms. The second kappa shape index (κ2) is 5.48. The van der Waals surface area contributed by atoms with Crippen molar-refractivity contribution in [2.75, 3.05) is 13.1 Å². The van der Waals surface area contributed by atoms with Crippen LogP contribution in [0.2, 0.25) is 0 Å². The van der Waals surface area contributed by atoms with Gasteiger partial charge in [-0.2, -0.15) is 4.98 Å². The van der Waals surface area contributed by atoms with E-state index in [2.05, 4.69) is 33.7 Å². The average molecular weight is 245 g/mol. The third-order valence-electron chi connectivity index (χ3n) is 3.66. The fraction of sp³-hybridized carbons (Fsp3) is 0.571. The van der Waals surface area contributed by atoms with E-state index in [0.29, 0.717) is 5.92 Å². The van der Waals surface area contributed by atoms with Gasteiger partial charge < -0.3 is 9.84 Å². The monoisotopic (exact) mass is 245 g/mol. The van der Waals surface area contributed by atoms with Gasteiger partial charge in [-0.3, -0.25) is 0 Å². The zero-order chi connectivity index (χ0) is 12.2. The van der Waals surface area contributed by atoms with Crippen LogP contribution >= 0.6 is 0 Å². The van der Waals surface area contributed by atoms with Gasteiger partial charge in [0.25, 0.3) is 0 Å². The minimum absolute atomic E-state index is 0.452. The van der Waals surface area contributed by atoms with Crippen LogP contribution in [-0.2, 0) is 6.42 Å². The molecule has 0 atom stereocenters. The topological polar surface area (TPSA) is 51.0 Å². The first-order valence-electron chi connectivity index (χ1n) is 6.79. The second-order valence-electron chi connectivity index (χ2n) is 5.04. The van der Waals surface area contributed by atoms with E-state index in [0.717, 1.165) is 56.9 Å². The molecule has 2 heterocycles. The standard InChI is InChI=1S/C14H19N3O/c1-2-4-11(5-3-1)10-13-16-14(18-17-13)12-6-8-15-9-7-12/h1-2,4,12,15H,3,5-10H2. The number of hydrogen-bond acceptors (Lipinski definition) is 4. The number of allylic oxidation sites excluding steroid dienone is 4. The molecule has 1 aliphatic carbocycles. The third-order valence-corrected chi connectivity index (χ3v) is 3.66. The zero-order valence-corrected chi connectivity index (χ0v) is 10.6. The van der Waals surface area contributed by atoms with Gasteiger partial charge in [-0.1, -0.05) is 29.0 Å². The molecule has 1 aromatic rings. The summed E-state index contributed by atoms with van der Waals surface area (Å²) in [5, 5.41) is 7.46. The summed E-state index contributed by atoms with van der Waals surface area (Å²) in [6, 6.07) is 0. The summed E-state index contributed by atoms with van der Waals surface area (Å²) in [6.45, 7) is 2.11. The van der Waals surface area contributed by atoms with E-state index in [4.69, 9.17) is 4.52 Å². The van der Waals surface area contributed by atoms with Gasteiger partial charge in [-0.15, -0.1) is 0 Å². The molecule has 18 heavy (non-hydrogen) atoms. The molecule has 1 saturated heterocycles. The molecule has 96 valence electrons. The largest absolute Gasteiger partial charge is 0.339 e. The Hall–Kier alpha value is -1.42. The molecule has 0 aromatic carbocycles. The van der Waals surface area contributed by atoms with Crippen LogP contribution in [0.15, 0.2) is 28.3 Å². The Morgan fingerprint density at radius 2 is 2.22 bits per heavy atom. The molecule has 4 nitrogen and oxygen atoms in total. The molecule has 0 radical (unpaired) electrons. The first-order chi connectivity index (χ1) is 8.92. The molecule has 0 unspecified atom stereocenters. The lowest BCUT2D eigenvalue weighted by Crippen LogP contribution is -2.26. The maximum Gasteiger partial charge on any atom is 0.229 e. The highest BCUT2D eigenvalue weighted by Crippen LogP contribution is 2.24. The summed E-state index contributed by atoms with van der Waals surface area (Å²) in [6.07, 6.45) is 11.8. The normalized spacial score (nSPS) is 21.0. The number of piperidine rings is 1. The fourth-order valence-corrected chi connectivity index (χ4v) is 2.58. The highest BCUT2D eigenvalue weighted by atomic mass is 16.5. The first kappa shape index (κ1) is 11.7. The summed E-state index contributed by atoms with van der Waals surface area (Å²) in [5.74, 6) is 2.12. The highest BCUT2D eigenvalue weighted by molar-refractivity contribution is 5.20. The van der Waals surface area contributed by atoms with Gasteiger partial charge in [-0.05, 0) is 38.8 Å². The maximum atomic E-state index is 5.41. The maximum absolute atomic E-state index is 5.41. The van der Waals surface area contributed by atoms with Crippen LogP contribution in [0.25, 0.3) is 0 Å². The van der Waals surface area contributed by atoms with Gasteiger partial charge >= 0.3 is 0 Å². The molecular weight excluding hydrogens is 226 g/mol. The van der Waals surface area contributed by atoms with Crippen molar-refractivity contribution >= 4 is 0 Å². The van der Waals surface area contributed by atoms with Crippen LogP contribution < -0.4 is 5.32 Å². The smallest absolute Gasteiger partial charge is 0.229 e. The van der Waals surface area contributed by atoms with Gasteiger partial charge in [0.05, 0.1) is 0 Å². The predicted octanol–water partition coefficient (Wildman–Crippen LogP) is 2.36. The Balaban J connectivity index is 1.65. The average Bonchev–Trinajstić information content (AvgIpc) is 2.89. The minimum atomic E-state index is 0.452. The predicted molar refractivity (Wildman–Crippen MR) is 69.3 cm³/mol. The fourth-order valence-electron chi connectivity index (χ4n) is 2.58. The Morgan fingerprint density at radius 1 is 1.33 bits per heavy atom. The minimum Gasteiger partial charge on any atom is -0.339 e. The van der Waals surface area contributed by atoms with Gasteiger partial charge in [-0.25, -0.2) is 0 Å². The first-order valence-corrected chi connectivity index (χ1v) is 6.79. The molecular formula is C14H19N3O. The summed E-state index contributed by atoms with van der Waals surface area (Å²) in [5.41, 5.74) is 1.40. The van der Waals surface area contributed by atoms with Crippen molar-refractivity contribution < 1.29 is 4.52 Å². The summed E-state index contributed by atoms with van der Waals surface area (Å²) < 4.78 is 5.41. The van der Waals surface area contributed by atoms with Crippen LogP contribution in [0.3, 0.4) is 0 Å². The van der Waals surface area contributed by atoms with Crippen LogP contribution in [-0.4, -0.2) is 23.2 Å². The lowest BCUT2D eigenvalue weighted by Gasteiger charge is -2.18. The van der Waals surface area contributed by atoms with E-state index in [1.807, 2.05) is 0 Å². The number of aromatic nitrogens is 2. The molecule has 3 rings (SSSR count). The second-order valence-corrected chi connectivity index (χ2v) is 5.04. The lowest BCUT2D eigenvalue weighted by atomic mass is 9.98. The molecule has 0 saturated carbocycles. The van der Waals surface area contributed by atoms with E-state index in [1.54, 1.807) is 0 Å². The lowest BCUT2D eigenvalue weighted by molar-refractivity contribution is 0.318. The molecule has 0 amide bonds. The van der Waals surface area contributed by atoms with Crippen molar-refractivity contribution in [1.29, 1.82) is 0 Å². The Labute approximate surface area is 107 Å². The molecule has 0 bridgehead atoms. The Kier molecular flexibility index (Phi) is 3.55. The molecule has 1 aliphatic heterocycles. The Bertz CT molecular complexity index is 455. The number of nitrogens with zero attached hydrogens (tertiary/aromatic N) is 2. The van der Waals surface area contributed by atoms with Gasteiger partial charge in [0.1, 0.15) is 0 Å². The molecule has 1 fully saturated rings. The zero-order valence-electron chi connectivity index (χ0n) is 10.6. The summed E-state index contributed by atoms with van der Waals surface area (Å²) in [7, 11) is 0. The van der Waals surface area contributed by atoms with Crippen LogP contribution in [0.4, 0.5) is 0 Å². The Morgan fingerprint density at radius 3 is 3.00 bits per heavy atom.